The number of esters is 1. The normalized spacial score (nSPS) is 10.1. The topological polar surface area (TPSA) is 52.3 Å². The number of hydrogen-bond acceptors (Lipinski definition) is 3. The quantitative estimate of drug-likeness (QED) is 0.519. The molecule has 0 radical (unpaired) electrons. The first-order valence-corrected chi connectivity index (χ1v) is 5.43. The van der Waals surface area contributed by atoms with Gasteiger partial charge in [0.25, 0.3) is 0 Å². The van der Waals surface area contributed by atoms with Crippen LogP contribution in [-0.2, 0) is 10.1 Å². The number of carbonyl (C=O) groups excluding carboxylic acids is 1. The number of carbonyl (C=O) groups is 1. The van der Waals surface area contributed by atoms with Gasteiger partial charge in [-0.2, -0.15) is 0 Å². The van der Waals surface area contributed by atoms with Crippen LogP contribution in [0.3, 0.4) is 0 Å². The van der Waals surface area contributed by atoms with E-state index in [1.54, 1.807) is 0 Å². The highest BCUT2D eigenvalue weighted by Crippen LogP contribution is 2.30. The fraction of sp³-hybridized carbons (Fsp3) is 0.222. The van der Waals surface area contributed by atoms with Gasteiger partial charge in [0.2, 0.25) is 0 Å². The summed E-state index contributed by atoms with van der Waals surface area (Å²) >= 11 is 8.92. The van der Waals surface area contributed by atoms with Crippen molar-refractivity contribution in [1.82, 2.24) is 0 Å². The van der Waals surface area contributed by atoms with Gasteiger partial charge in [0.15, 0.2) is 0 Å². The molecule has 1 aromatic rings. The molecule has 0 unspecified atom stereocenters. The van der Waals surface area contributed by atoms with Crippen molar-refractivity contribution in [2.24, 2.45) is 0 Å². The molecular weight excluding hydrogens is 288 g/mol. The summed E-state index contributed by atoms with van der Waals surface area (Å²) in [4.78, 5) is 11.4. The van der Waals surface area contributed by atoms with Gasteiger partial charge in [0, 0.05) is 10.4 Å². The van der Waals surface area contributed by atoms with Gasteiger partial charge in [0.1, 0.15) is 5.82 Å². The lowest BCUT2D eigenvalue weighted by atomic mass is 10.1. The Morgan fingerprint density at radius 3 is 2.80 bits per heavy atom. The van der Waals surface area contributed by atoms with E-state index in [-0.39, 0.29) is 16.3 Å². The van der Waals surface area contributed by atoms with Gasteiger partial charge < -0.3 is 10.5 Å². The zero-order valence-electron chi connectivity index (χ0n) is 7.81. The molecule has 0 aliphatic heterocycles. The average Bonchev–Trinajstić information content (AvgIpc) is 2.21. The Morgan fingerprint density at radius 1 is 1.73 bits per heavy atom. The van der Waals surface area contributed by atoms with Crippen molar-refractivity contribution in [2.45, 2.75) is 5.33 Å². The van der Waals surface area contributed by atoms with Crippen LogP contribution in [0.5, 0.6) is 0 Å². The standard InChI is InChI=1S/C9H8BrClFNO2/c1-15-9(14)7-4(3-10)5(11)2-6(12)8(7)13/h2H,3,13H2,1H3. The van der Waals surface area contributed by atoms with Crippen LogP contribution in [0.2, 0.25) is 5.02 Å². The van der Waals surface area contributed by atoms with Crippen molar-refractivity contribution in [3.05, 3.63) is 28.0 Å². The van der Waals surface area contributed by atoms with Crippen LogP contribution >= 0.6 is 27.5 Å². The first kappa shape index (κ1) is 12.3. The fourth-order valence-electron chi connectivity index (χ4n) is 1.14. The molecule has 0 spiro atoms. The van der Waals surface area contributed by atoms with Crippen LogP contribution in [0.25, 0.3) is 0 Å². The summed E-state index contributed by atoms with van der Waals surface area (Å²) in [7, 11) is 1.19. The van der Waals surface area contributed by atoms with E-state index in [0.29, 0.717) is 10.9 Å². The molecule has 0 amide bonds. The summed E-state index contributed by atoms with van der Waals surface area (Å²) in [5, 5.41) is 0.430. The minimum absolute atomic E-state index is 0.0284. The zero-order chi connectivity index (χ0) is 11.6. The number of anilines is 1. The zero-order valence-corrected chi connectivity index (χ0v) is 10.2. The second-order valence-corrected chi connectivity index (χ2v) is 3.70. The fourth-order valence-corrected chi connectivity index (χ4v) is 2.14. The molecule has 0 aromatic heterocycles. The number of benzene rings is 1. The first-order valence-electron chi connectivity index (χ1n) is 3.93. The van der Waals surface area contributed by atoms with E-state index in [1.165, 1.54) is 7.11 Å². The van der Waals surface area contributed by atoms with Gasteiger partial charge in [-0.05, 0) is 11.6 Å². The summed E-state index contributed by atoms with van der Waals surface area (Å²) in [6, 6.07) is 1.07. The van der Waals surface area contributed by atoms with Crippen molar-refractivity contribution in [2.75, 3.05) is 12.8 Å². The molecule has 82 valence electrons. The third-order valence-corrected chi connectivity index (χ3v) is 2.79. The van der Waals surface area contributed by atoms with Crippen LogP contribution < -0.4 is 5.73 Å². The number of methoxy groups -OCH3 is 1. The van der Waals surface area contributed by atoms with Gasteiger partial charge in [0.05, 0.1) is 18.4 Å². The number of halogens is 3. The van der Waals surface area contributed by atoms with Crippen LogP contribution in [-0.4, -0.2) is 13.1 Å². The summed E-state index contributed by atoms with van der Waals surface area (Å²) in [5.74, 6) is -1.44. The summed E-state index contributed by atoms with van der Waals surface area (Å²) in [6.07, 6.45) is 0. The van der Waals surface area contributed by atoms with E-state index >= 15 is 0 Å². The lowest BCUT2D eigenvalue weighted by molar-refractivity contribution is 0.0600. The van der Waals surface area contributed by atoms with E-state index in [4.69, 9.17) is 17.3 Å². The van der Waals surface area contributed by atoms with Crippen molar-refractivity contribution in [1.29, 1.82) is 0 Å². The van der Waals surface area contributed by atoms with Crippen molar-refractivity contribution >= 4 is 39.2 Å². The Bertz CT molecular complexity index is 412. The molecule has 15 heavy (non-hydrogen) atoms. The third-order valence-electron chi connectivity index (χ3n) is 1.89. The molecule has 0 aliphatic carbocycles. The highest BCUT2D eigenvalue weighted by Gasteiger charge is 2.21. The molecule has 0 fully saturated rings. The Morgan fingerprint density at radius 2 is 2.33 bits per heavy atom. The van der Waals surface area contributed by atoms with Crippen molar-refractivity contribution in [3.8, 4) is 0 Å². The maximum Gasteiger partial charge on any atom is 0.340 e. The molecule has 6 heteroatoms. The highest BCUT2D eigenvalue weighted by molar-refractivity contribution is 9.08. The predicted molar refractivity (Wildman–Crippen MR) is 59.8 cm³/mol. The minimum Gasteiger partial charge on any atom is -0.465 e. The molecule has 0 bridgehead atoms. The van der Waals surface area contributed by atoms with Crippen LogP contribution in [0.15, 0.2) is 6.07 Å². The number of ether oxygens (including phenoxy) is 1. The Kier molecular flexibility index (Phi) is 3.93. The van der Waals surface area contributed by atoms with E-state index in [9.17, 15) is 9.18 Å². The molecule has 0 saturated carbocycles. The molecule has 1 rings (SSSR count). The Balaban J connectivity index is 3.50. The molecular formula is C9H8BrClFNO2. The molecule has 2 N–H and O–H groups in total. The summed E-state index contributed by atoms with van der Waals surface area (Å²) in [6.45, 7) is 0. The molecule has 0 aliphatic rings. The number of hydrogen-bond donors (Lipinski definition) is 1. The Labute approximate surface area is 99.5 Å². The summed E-state index contributed by atoms with van der Waals surface area (Å²) in [5.41, 5.74) is 5.59. The number of rotatable bonds is 2. The number of nitrogen functional groups attached to an aromatic ring is 1. The van der Waals surface area contributed by atoms with Crippen molar-refractivity contribution in [3.63, 3.8) is 0 Å². The molecule has 0 saturated heterocycles. The van der Waals surface area contributed by atoms with E-state index in [2.05, 4.69) is 20.7 Å². The summed E-state index contributed by atoms with van der Waals surface area (Å²) < 4.78 is 17.7. The van der Waals surface area contributed by atoms with Gasteiger partial charge in [-0.15, -0.1) is 0 Å². The van der Waals surface area contributed by atoms with Gasteiger partial charge >= 0.3 is 5.97 Å². The minimum atomic E-state index is -0.731. The van der Waals surface area contributed by atoms with E-state index in [0.717, 1.165) is 6.07 Å². The number of nitrogens with two attached hydrogens (primary N) is 1. The van der Waals surface area contributed by atoms with Gasteiger partial charge in [-0.1, -0.05) is 27.5 Å². The van der Waals surface area contributed by atoms with E-state index in [1.807, 2.05) is 0 Å². The monoisotopic (exact) mass is 295 g/mol. The van der Waals surface area contributed by atoms with Crippen LogP contribution in [0.4, 0.5) is 10.1 Å². The predicted octanol–water partition coefficient (Wildman–Crippen LogP) is 2.74. The van der Waals surface area contributed by atoms with Gasteiger partial charge in [-0.25, -0.2) is 9.18 Å². The molecule has 0 heterocycles. The SMILES string of the molecule is COC(=O)c1c(N)c(F)cc(Cl)c1CBr. The highest BCUT2D eigenvalue weighted by atomic mass is 79.9. The first-order chi connectivity index (χ1) is 7.02. The van der Waals surface area contributed by atoms with Crippen molar-refractivity contribution < 1.29 is 13.9 Å². The third kappa shape index (κ3) is 2.23. The van der Waals surface area contributed by atoms with Crippen LogP contribution in [0, 0.1) is 5.82 Å². The average molecular weight is 297 g/mol. The second kappa shape index (κ2) is 4.81. The molecule has 3 nitrogen and oxygen atoms in total. The second-order valence-electron chi connectivity index (χ2n) is 2.73. The Hall–Kier alpha value is -0.810. The maximum absolute atomic E-state index is 13.2. The van der Waals surface area contributed by atoms with E-state index < -0.39 is 11.8 Å². The van der Waals surface area contributed by atoms with Crippen LogP contribution in [0.1, 0.15) is 15.9 Å². The smallest absolute Gasteiger partial charge is 0.340 e. The van der Waals surface area contributed by atoms with Gasteiger partial charge in [-0.3, -0.25) is 0 Å². The lowest BCUT2D eigenvalue weighted by Crippen LogP contribution is -2.11. The molecule has 1 aromatic carbocycles. The maximum atomic E-state index is 13.2. The number of alkyl halides is 1. The lowest BCUT2D eigenvalue weighted by Gasteiger charge is -2.11. The largest absolute Gasteiger partial charge is 0.465 e. The molecule has 0 atom stereocenters.